The van der Waals surface area contributed by atoms with Gasteiger partial charge in [-0.1, -0.05) is 76.5 Å². The maximum Gasteiger partial charge on any atom is 0.357 e. The summed E-state index contributed by atoms with van der Waals surface area (Å²) in [7, 11) is -4.31. The summed E-state index contributed by atoms with van der Waals surface area (Å²) < 4.78 is 33.1. The van der Waals surface area contributed by atoms with Gasteiger partial charge in [-0.05, 0) is 52.7 Å². The van der Waals surface area contributed by atoms with Crippen molar-refractivity contribution in [1.29, 1.82) is 0 Å². The van der Waals surface area contributed by atoms with E-state index in [0.29, 0.717) is 0 Å². The molecule has 1 heterocycles. The van der Waals surface area contributed by atoms with Crippen LogP contribution in [-0.4, -0.2) is 28.0 Å². The summed E-state index contributed by atoms with van der Waals surface area (Å²) in [5.74, 6) is 0.766. The van der Waals surface area contributed by atoms with Crippen molar-refractivity contribution in [1.82, 2.24) is 15.0 Å². The monoisotopic (exact) mass is 472 g/mol. The van der Waals surface area contributed by atoms with Crippen LogP contribution in [0.4, 0.5) is 5.69 Å². The van der Waals surface area contributed by atoms with Crippen molar-refractivity contribution in [2.75, 3.05) is 4.72 Å². The maximum absolute atomic E-state index is 11.0. The smallest absolute Gasteiger partial charge is 0.269 e. The highest BCUT2D eigenvalue weighted by Crippen LogP contribution is 2.14. The summed E-state index contributed by atoms with van der Waals surface area (Å²) in [5.41, 5.74) is 1.87. The first-order valence-corrected chi connectivity index (χ1v) is 13.2. The lowest BCUT2D eigenvalue weighted by Crippen LogP contribution is -2.43. The number of aryl methyl sites for hydroxylation is 1. The van der Waals surface area contributed by atoms with E-state index in [2.05, 4.69) is 6.92 Å². The highest BCUT2D eigenvalue weighted by molar-refractivity contribution is 7.87. The van der Waals surface area contributed by atoms with E-state index in [0.717, 1.165) is 30.0 Å². The van der Waals surface area contributed by atoms with Crippen LogP contribution in [0.15, 0.2) is 54.6 Å². The molecule has 1 aromatic heterocycles. The van der Waals surface area contributed by atoms with Crippen LogP contribution in [0.2, 0.25) is 0 Å². The van der Waals surface area contributed by atoms with Gasteiger partial charge in [0.2, 0.25) is 0 Å². The van der Waals surface area contributed by atoms with E-state index in [1.165, 1.54) is 51.4 Å². The van der Waals surface area contributed by atoms with Crippen molar-refractivity contribution in [2.45, 2.75) is 71.1 Å². The molecule has 0 fully saturated rings. The van der Waals surface area contributed by atoms with E-state index in [4.69, 9.17) is 14.8 Å². The van der Waals surface area contributed by atoms with Gasteiger partial charge >= 0.3 is 16.1 Å². The van der Waals surface area contributed by atoms with Crippen LogP contribution < -0.4 is 9.52 Å². The molecule has 0 aliphatic carbocycles. The summed E-state index contributed by atoms with van der Waals surface area (Å²) in [6.07, 6.45) is 12.2. The Morgan fingerprint density at radius 3 is 2.09 bits per heavy atom. The second-order valence-electron chi connectivity index (χ2n) is 8.23. The molecule has 3 aromatic rings. The molecule has 9 heteroatoms. The summed E-state index contributed by atoms with van der Waals surface area (Å²) >= 11 is 0. The molecule has 2 aromatic carbocycles. The van der Waals surface area contributed by atoms with Crippen LogP contribution in [0.3, 0.4) is 0 Å². The highest BCUT2D eigenvalue weighted by Gasteiger charge is 2.21. The Morgan fingerprint density at radius 1 is 0.879 bits per heavy atom. The van der Waals surface area contributed by atoms with Crippen LogP contribution in [0.25, 0.3) is 11.4 Å². The van der Waals surface area contributed by atoms with Gasteiger partial charge in [0.1, 0.15) is 5.69 Å². The SMILES string of the molecule is CCCCCCCCCCCc1nn(-c2ccc(NS(=O)(=O)O)cc2)[n+](-c2ccccc2)n1. The number of hydrogen-bond donors (Lipinski definition) is 2. The number of unbranched alkanes of at least 4 members (excludes halogenated alkanes) is 8. The average Bonchev–Trinajstić information content (AvgIpc) is 3.22. The Bertz CT molecular complexity index is 1080. The summed E-state index contributed by atoms with van der Waals surface area (Å²) in [5, 5.41) is 9.43. The zero-order valence-corrected chi connectivity index (χ0v) is 20.0. The zero-order valence-electron chi connectivity index (χ0n) is 19.2. The third-order valence-corrected chi connectivity index (χ3v) is 5.93. The number of hydrogen-bond acceptors (Lipinski definition) is 4. The van der Waals surface area contributed by atoms with E-state index >= 15 is 0 Å². The minimum absolute atomic E-state index is 0.266. The van der Waals surface area contributed by atoms with Crippen molar-refractivity contribution in [3.8, 4) is 11.4 Å². The molecule has 0 radical (unpaired) electrons. The molecule has 0 aliphatic rings. The van der Waals surface area contributed by atoms with Crippen LogP contribution in [-0.2, 0) is 16.7 Å². The van der Waals surface area contributed by atoms with Gasteiger partial charge < -0.3 is 0 Å². The number of nitrogens with zero attached hydrogens (tertiary/aromatic N) is 4. The minimum atomic E-state index is -4.31. The number of para-hydroxylation sites is 1. The first kappa shape index (κ1) is 24.9. The second kappa shape index (κ2) is 12.5. The molecular formula is C24H34N5O3S+. The van der Waals surface area contributed by atoms with Crippen molar-refractivity contribution in [2.24, 2.45) is 0 Å². The average molecular weight is 473 g/mol. The fourth-order valence-electron chi connectivity index (χ4n) is 3.72. The first-order chi connectivity index (χ1) is 16.0. The molecule has 33 heavy (non-hydrogen) atoms. The number of tetrazole rings is 1. The van der Waals surface area contributed by atoms with Crippen molar-refractivity contribution in [3.63, 3.8) is 0 Å². The summed E-state index contributed by atoms with van der Waals surface area (Å²) in [6.45, 7) is 2.24. The van der Waals surface area contributed by atoms with Crippen molar-refractivity contribution < 1.29 is 17.8 Å². The largest absolute Gasteiger partial charge is 0.357 e. The number of anilines is 1. The van der Waals surface area contributed by atoms with E-state index < -0.39 is 10.3 Å². The molecule has 3 rings (SSSR count). The number of benzene rings is 2. The molecule has 178 valence electrons. The van der Waals surface area contributed by atoms with Gasteiger partial charge in [0.05, 0.1) is 10.8 Å². The first-order valence-electron chi connectivity index (χ1n) is 11.8. The van der Waals surface area contributed by atoms with Crippen LogP contribution in [0.1, 0.15) is 70.5 Å². The van der Waals surface area contributed by atoms with E-state index in [-0.39, 0.29) is 5.69 Å². The minimum Gasteiger partial charge on any atom is -0.269 e. The predicted octanol–water partition coefficient (Wildman–Crippen LogP) is 4.83. The normalized spacial score (nSPS) is 11.6. The van der Waals surface area contributed by atoms with Gasteiger partial charge in [-0.3, -0.25) is 9.27 Å². The standard InChI is InChI=1S/C24H33N5O3S/c1-2-3-4-5-6-7-8-9-13-16-24-25-28(22-14-11-10-12-15-22)29(26-24)23-19-17-21(18-20-23)27-33(30,31)32/h10-12,14-15,17-20,27H,2-9,13,16H2,1H3/p+1. The summed E-state index contributed by atoms with van der Waals surface area (Å²) in [6, 6.07) is 16.4. The lowest BCUT2D eigenvalue weighted by atomic mass is 10.1. The molecule has 0 amide bonds. The lowest BCUT2D eigenvalue weighted by Gasteiger charge is -2.03. The van der Waals surface area contributed by atoms with Crippen LogP contribution in [0, 0.1) is 0 Å². The van der Waals surface area contributed by atoms with E-state index in [9.17, 15) is 8.42 Å². The van der Waals surface area contributed by atoms with E-state index in [1.807, 2.05) is 35.1 Å². The van der Waals surface area contributed by atoms with Gasteiger partial charge in [0.25, 0.3) is 0 Å². The van der Waals surface area contributed by atoms with Gasteiger partial charge in [0.15, 0.2) is 5.69 Å². The third kappa shape index (κ3) is 8.25. The summed E-state index contributed by atoms with van der Waals surface area (Å²) in [4.78, 5) is 3.45. The number of aromatic nitrogens is 4. The van der Waals surface area contributed by atoms with Crippen molar-refractivity contribution >= 4 is 16.0 Å². The maximum atomic E-state index is 11.0. The zero-order chi connectivity index (χ0) is 23.5. The Kier molecular flexibility index (Phi) is 9.38. The van der Waals surface area contributed by atoms with Crippen molar-refractivity contribution in [3.05, 3.63) is 60.4 Å². The molecule has 0 aliphatic heterocycles. The van der Waals surface area contributed by atoms with Gasteiger partial charge in [-0.2, -0.15) is 8.42 Å². The fourth-order valence-corrected chi connectivity index (χ4v) is 4.16. The third-order valence-electron chi connectivity index (χ3n) is 5.44. The van der Waals surface area contributed by atoms with E-state index in [1.54, 1.807) is 33.9 Å². The predicted molar refractivity (Wildman–Crippen MR) is 129 cm³/mol. The molecule has 0 unspecified atom stereocenters. The van der Waals surface area contributed by atoms with Gasteiger partial charge in [-0.25, -0.2) is 0 Å². The molecule has 2 N–H and O–H groups in total. The Hall–Kier alpha value is -2.78. The Balaban J connectivity index is 1.65. The second-order valence-corrected chi connectivity index (χ2v) is 9.39. The molecule has 0 saturated heterocycles. The number of rotatable bonds is 14. The lowest BCUT2D eigenvalue weighted by molar-refractivity contribution is -0.735. The quantitative estimate of drug-likeness (QED) is 0.199. The molecule has 0 spiro atoms. The number of nitrogens with one attached hydrogen (secondary N) is 1. The Morgan fingerprint density at radius 2 is 1.48 bits per heavy atom. The topological polar surface area (TPSA) is 101 Å². The van der Waals surface area contributed by atoms with Crippen LogP contribution >= 0.6 is 0 Å². The molecule has 0 saturated carbocycles. The Labute approximate surface area is 196 Å². The van der Waals surface area contributed by atoms with Gasteiger partial charge in [0, 0.05) is 11.2 Å². The molecule has 0 bridgehead atoms. The molecule has 8 nitrogen and oxygen atoms in total. The molecular weight excluding hydrogens is 438 g/mol. The molecule has 0 atom stereocenters. The highest BCUT2D eigenvalue weighted by atomic mass is 32.2. The van der Waals surface area contributed by atoms with Crippen LogP contribution in [0.5, 0.6) is 0 Å². The fraction of sp³-hybridized carbons (Fsp3) is 0.458. The van der Waals surface area contributed by atoms with Gasteiger partial charge in [-0.15, -0.1) is 0 Å².